The molecule has 1 N–H and O–H groups in total. The lowest BCUT2D eigenvalue weighted by Crippen LogP contribution is -2.38. The summed E-state index contributed by atoms with van der Waals surface area (Å²) in [5.74, 6) is -0.168. The molecule has 2 rings (SSSR count). The Labute approximate surface area is 117 Å². The van der Waals surface area contributed by atoms with E-state index >= 15 is 0 Å². The molecule has 1 amide bonds. The zero-order valence-corrected chi connectivity index (χ0v) is 11.4. The Balaban J connectivity index is 1.67. The van der Waals surface area contributed by atoms with Gasteiger partial charge in [0, 0.05) is 25.9 Å². The summed E-state index contributed by atoms with van der Waals surface area (Å²) in [6.45, 7) is 2.03. The van der Waals surface area contributed by atoms with E-state index in [0.29, 0.717) is 18.9 Å². The third-order valence-electron chi connectivity index (χ3n) is 3.76. The van der Waals surface area contributed by atoms with Crippen LogP contribution in [-0.4, -0.2) is 49.7 Å². The smallest absolute Gasteiger partial charge is 0.303 e. The van der Waals surface area contributed by atoms with Crippen molar-refractivity contribution in [3.63, 3.8) is 0 Å². The van der Waals surface area contributed by atoms with Gasteiger partial charge in [-0.2, -0.15) is 5.10 Å². The Morgan fingerprint density at radius 1 is 1.25 bits per heavy atom. The third-order valence-corrected chi connectivity index (χ3v) is 3.76. The average molecular weight is 280 g/mol. The van der Waals surface area contributed by atoms with Crippen LogP contribution in [0.25, 0.3) is 0 Å². The highest BCUT2D eigenvalue weighted by molar-refractivity contribution is 5.76. The lowest BCUT2D eigenvalue weighted by molar-refractivity contribution is -0.138. The monoisotopic (exact) mass is 280 g/mol. The number of carbonyl (C=O) groups is 2. The molecule has 1 saturated heterocycles. The number of rotatable bonds is 6. The number of hydrogen-bond acceptors (Lipinski definition) is 4. The van der Waals surface area contributed by atoms with Gasteiger partial charge in [0.15, 0.2) is 0 Å². The first kappa shape index (κ1) is 14.5. The fourth-order valence-corrected chi connectivity index (χ4v) is 2.52. The molecule has 0 saturated carbocycles. The van der Waals surface area contributed by atoms with Crippen molar-refractivity contribution < 1.29 is 14.7 Å². The summed E-state index contributed by atoms with van der Waals surface area (Å²) in [7, 11) is 0. The summed E-state index contributed by atoms with van der Waals surface area (Å²) < 4.78 is 1.65. The molecular weight excluding hydrogens is 260 g/mol. The van der Waals surface area contributed by atoms with Crippen molar-refractivity contribution in [3.05, 3.63) is 12.7 Å². The summed E-state index contributed by atoms with van der Waals surface area (Å²) >= 11 is 0. The number of aromatic nitrogens is 3. The van der Waals surface area contributed by atoms with Crippen molar-refractivity contribution in [1.29, 1.82) is 0 Å². The summed E-state index contributed by atoms with van der Waals surface area (Å²) in [4.78, 5) is 28.3. The van der Waals surface area contributed by atoms with Gasteiger partial charge in [0.2, 0.25) is 5.91 Å². The number of piperidine rings is 1. The number of likely N-dealkylation sites (tertiary alicyclic amines) is 1. The number of nitrogens with zero attached hydrogens (tertiary/aromatic N) is 4. The van der Waals surface area contributed by atoms with Gasteiger partial charge >= 0.3 is 5.97 Å². The third kappa shape index (κ3) is 4.32. The number of aryl methyl sites for hydroxylation is 1. The molecule has 0 atom stereocenters. The molecule has 0 aromatic carbocycles. The maximum Gasteiger partial charge on any atom is 0.303 e. The van der Waals surface area contributed by atoms with Crippen molar-refractivity contribution in [2.24, 2.45) is 5.92 Å². The maximum absolute atomic E-state index is 12.0. The van der Waals surface area contributed by atoms with Gasteiger partial charge in [-0.1, -0.05) is 0 Å². The van der Waals surface area contributed by atoms with Gasteiger partial charge in [0.25, 0.3) is 0 Å². The Morgan fingerprint density at radius 3 is 2.60 bits per heavy atom. The van der Waals surface area contributed by atoms with Crippen LogP contribution in [0.4, 0.5) is 0 Å². The topological polar surface area (TPSA) is 88.3 Å². The molecule has 7 nitrogen and oxygen atoms in total. The van der Waals surface area contributed by atoms with Gasteiger partial charge in [0.05, 0.1) is 6.54 Å². The molecule has 1 aliphatic rings. The van der Waals surface area contributed by atoms with E-state index in [1.807, 2.05) is 4.90 Å². The maximum atomic E-state index is 12.0. The second-order valence-corrected chi connectivity index (χ2v) is 5.17. The zero-order chi connectivity index (χ0) is 14.4. The zero-order valence-electron chi connectivity index (χ0n) is 11.4. The normalized spacial score (nSPS) is 16.3. The molecule has 0 bridgehead atoms. The minimum Gasteiger partial charge on any atom is -0.481 e. The van der Waals surface area contributed by atoms with Crippen LogP contribution >= 0.6 is 0 Å². The van der Waals surface area contributed by atoms with Crippen LogP contribution in [0.15, 0.2) is 12.7 Å². The van der Waals surface area contributed by atoms with Crippen molar-refractivity contribution in [2.75, 3.05) is 13.1 Å². The summed E-state index contributed by atoms with van der Waals surface area (Å²) in [5, 5.41) is 12.6. The van der Waals surface area contributed by atoms with E-state index in [1.54, 1.807) is 11.0 Å². The molecule has 0 aliphatic carbocycles. The SMILES string of the molecule is O=C(O)CCC1CCN(C(=O)CCn2cncn2)CC1. The van der Waals surface area contributed by atoms with Crippen LogP contribution in [0.5, 0.6) is 0 Å². The minimum absolute atomic E-state index is 0.136. The van der Waals surface area contributed by atoms with Crippen LogP contribution in [0.3, 0.4) is 0 Å². The van der Waals surface area contributed by atoms with Gasteiger partial charge in [-0.25, -0.2) is 4.98 Å². The predicted octanol–water partition coefficient (Wildman–Crippen LogP) is 0.772. The second kappa shape index (κ2) is 7.02. The molecule has 1 aromatic heterocycles. The number of amides is 1. The van der Waals surface area contributed by atoms with Crippen LogP contribution in [0.1, 0.15) is 32.1 Å². The number of carboxylic acids is 1. The molecule has 1 aliphatic heterocycles. The molecule has 0 radical (unpaired) electrons. The highest BCUT2D eigenvalue weighted by Crippen LogP contribution is 2.22. The standard InChI is InChI=1S/C13H20N4O3/c18-12(5-8-17-10-14-9-15-17)16-6-3-11(4-7-16)1-2-13(19)20/h9-11H,1-8H2,(H,19,20). The fraction of sp³-hybridized carbons (Fsp3) is 0.692. The van der Waals surface area contributed by atoms with E-state index in [4.69, 9.17) is 5.11 Å². The first-order valence-electron chi connectivity index (χ1n) is 6.97. The Bertz CT molecular complexity index is 438. The number of aliphatic carboxylic acids is 1. The van der Waals surface area contributed by atoms with Crippen molar-refractivity contribution >= 4 is 11.9 Å². The van der Waals surface area contributed by atoms with E-state index in [1.165, 1.54) is 6.33 Å². The minimum atomic E-state index is -0.740. The Morgan fingerprint density at radius 2 is 2.00 bits per heavy atom. The molecule has 7 heteroatoms. The first-order valence-corrected chi connectivity index (χ1v) is 6.97. The molecule has 1 fully saturated rings. The van der Waals surface area contributed by atoms with Gasteiger partial charge in [-0.15, -0.1) is 0 Å². The van der Waals surface area contributed by atoms with E-state index in [9.17, 15) is 9.59 Å². The van der Waals surface area contributed by atoms with E-state index in [2.05, 4.69) is 10.1 Å². The largest absolute Gasteiger partial charge is 0.481 e. The Kier molecular flexibility index (Phi) is 5.09. The van der Waals surface area contributed by atoms with Gasteiger partial charge in [-0.05, 0) is 25.2 Å². The summed E-state index contributed by atoms with van der Waals surface area (Å²) in [5.41, 5.74) is 0. The summed E-state index contributed by atoms with van der Waals surface area (Å²) in [6, 6.07) is 0. The number of hydrogen-bond donors (Lipinski definition) is 1. The van der Waals surface area contributed by atoms with Gasteiger partial charge in [-0.3, -0.25) is 14.3 Å². The van der Waals surface area contributed by atoms with E-state index in [-0.39, 0.29) is 12.3 Å². The van der Waals surface area contributed by atoms with Crippen molar-refractivity contribution in [3.8, 4) is 0 Å². The highest BCUT2D eigenvalue weighted by Gasteiger charge is 2.22. The molecule has 1 aromatic rings. The lowest BCUT2D eigenvalue weighted by atomic mass is 9.92. The molecule has 20 heavy (non-hydrogen) atoms. The molecule has 110 valence electrons. The summed E-state index contributed by atoms with van der Waals surface area (Å²) in [6.07, 6.45) is 6.25. The number of carbonyl (C=O) groups excluding carboxylic acids is 1. The van der Waals surface area contributed by atoms with Crippen molar-refractivity contribution in [2.45, 2.75) is 38.6 Å². The second-order valence-electron chi connectivity index (χ2n) is 5.17. The van der Waals surface area contributed by atoms with Crippen LogP contribution in [0, 0.1) is 5.92 Å². The average Bonchev–Trinajstić information content (AvgIpc) is 2.96. The van der Waals surface area contributed by atoms with Gasteiger partial charge < -0.3 is 10.0 Å². The molecule has 2 heterocycles. The van der Waals surface area contributed by atoms with Crippen LogP contribution < -0.4 is 0 Å². The van der Waals surface area contributed by atoms with Crippen LogP contribution in [0.2, 0.25) is 0 Å². The Hall–Kier alpha value is -1.92. The predicted molar refractivity (Wildman–Crippen MR) is 70.8 cm³/mol. The molecule has 0 unspecified atom stereocenters. The van der Waals surface area contributed by atoms with Gasteiger partial charge in [0.1, 0.15) is 12.7 Å². The van der Waals surface area contributed by atoms with Crippen molar-refractivity contribution in [1.82, 2.24) is 19.7 Å². The highest BCUT2D eigenvalue weighted by atomic mass is 16.4. The lowest BCUT2D eigenvalue weighted by Gasteiger charge is -2.32. The molecular formula is C13H20N4O3. The fourth-order valence-electron chi connectivity index (χ4n) is 2.52. The van der Waals surface area contributed by atoms with Crippen LogP contribution in [-0.2, 0) is 16.1 Å². The number of carboxylic acid groups (broad SMARTS) is 1. The van der Waals surface area contributed by atoms with E-state index < -0.39 is 5.97 Å². The first-order chi connectivity index (χ1) is 9.65. The molecule has 0 spiro atoms. The van der Waals surface area contributed by atoms with E-state index in [0.717, 1.165) is 32.4 Å². The quantitative estimate of drug-likeness (QED) is 0.831.